The van der Waals surface area contributed by atoms with Crippen LogP contribution in [-0.4, -0.2) is 5.78 Å². The number of Topliss-reactive ketones (excluding diaryl/α,β-unsaturated/α-hetero) is 1. The van der Waals surface area contributed by atoms with Crippen molar-refractivity contribution >= 4 is 5.78 Å². The summed E-state index contributed by atoms with van der Waals surface area (Å²) in [6.45, 7) is 0. The van der Waals surface area contributed by atoms with Gasteiger partial charge in [-0.3, -0.25) is 4.79 Å². The average Bonchev–Trinajstić information content (AvgIpc) is 3.20. The van der Waals surface area contributed by atoms with E-state index >= 15 is 0 Å². The van der Waals surface area contributed by atoms with Crippen molar-refractivity contribution in [1.29, 1.82) is 0 Å². The van der Waals surface area contributed by atoms with Gasteiger partial charge in [0.25, 0.3) is 0 Å². The van der Waals surface area contributed by atoms with Gasteiger partial charge in [0.1, 0.15) is 5.78 Å². The molecule has 1 aromatic carbocycles. The molecule has 90 valence electrons. The van der Waals surface area contributed by atoms with E-state index in [-0.39, 0.29) is 0 Å². The molecular weight excluding hydrogens is 208 g/mol. The van der Waals surface area contributed by atoms with Crippen molar-refractivity contribution in [3.8, 4) is 0 Å². The van der Waals surface area contributed by atoms with Crippen molar-refractivity contribution in [3.63, 3.8) is 0 Å². The number of carbonyl (C=O) groups is 1. The van der Waals surface area contributed by atoms with Crippen LogP contribution in [-0.2, 0) is 11.2 Å². The van der Waals surface area contributed by atoms with E-state index in [1.807, 2.05) is 0 Å². The summed E-state index contributed by atoms with van der Waals surface area (Å²) >= 11 is 0. The van der Waals surface area contributed by atoms with Gasteiger partial charge in [-0.05, 0) is 55.6 Å². The second-order valence-electron chi connectivity index (χ2n) is 5.57. The van der Waals surface area contributed by atoms with Crippen molar-refractivity contribution in [2.75, 3.05) is 0 Å². The maximum atomic E-state index is 11.8. The molecule has 1 aromatic rings. The van der Waals surface area contributed by atoms with E-state index < -0.39 is 0 Å². The molecule has 1 unspecified atom stereocenters. The molecule has 0 spiro atoms. The van der Waals surface area contributed by atoms with E-state index in [0.29, 0.717) is 17.6 Å². The zero-order chi connectivity index (χ0) is 11.7. The molecule has 1 saturated carbocycles. The van der Waals surface area contributed by atoms with Gasteiger partial charge in [0.15, 0.2) is 0 Å². The second-order valence-corrected chi connectivity index (χ2v) is 5.57. The molecule has 1 nitrogen and oxygen atoms in total. The topological polar surface area (TPSA) is 17.1 Å². The van der Waals surface area contributed by atoms with Gasteiger partial charge in [-0.1, -0.05) is 24.3 Å². The fraction of sp³-hybridized carbons (Fsp3) is 0.562. The van der Waals surface area contributed by atoms with E-state index in [2.05, 4.69) is 24.3 Å². The summed E-state index contributed by atoms with van der Waals surface area (Å²) in [7, 11) is 0. The molecular formula is C16H20O. The van der Waals surface area contributed by atoms with Crippen molar-refractivity contribution in [2.45, 2.75) is 50.9 Å². The Morgan fingerprint density at radius 2 is 2.00 bits per heavy atom. The van der Waals surface area contributed by atoms with Crippen LogP contribution in [0, 0.1) is 5.92 Å². The first-order valence-corrected chi connectivity index (χ1v) is 6.95. The number of benzene rings is 1. The molecule has 0 saturated heterocycles. The zero-order valence-corrected chi connectivity index (χ0v) is 10.3. The molecule has 1 atom stereocenters. The third-order valence-electron chi connectivity index (χ3n) is 4.27. The van der Waals surface area contributed by atoms with Gasteiger partial charge < -0.3 is 0 Å². The third kappa shape index (κ3) is 2.43. The molecule has 1 fully saturated rings. The highest BCUT2D eigenvalue weighted by Crippen LogP contribution is 2.37. The summed E-state index contributed by atoms with van der Waals surface area (Å²) in [4.78, 5) is 11.8. The molecule has 0 radical (unpaired) electrons. The molecule has 0 amide bonds. The fourth-order valence-electron chi connectivity index (χ4n) is 3.08. The predicted octanol–water partition coefficient (Wildman–Crippen LogP) is 3.87. The Kier molecular flexibility index (Phi) is 3.00. The zero-order valence-electron chi connectivity index (χ0n) is 10.3. The molecule has 17 heavy (non-hydrogen) atoms. The Bertz CT molecular complexity index is 417. The van der Waals surface area contributed by atoms with Crippen LogP contribution in [0.5, 0.6) is 0 Å². The Hall–Kier alpha value is -1.11. The summed E-state index contributed by atoms with van der Waals surface area (Å²) in [5.74, 6) is 1.60. The van der Waals surface area contributed by atoms with Crippen molar-refractivity contribution in [2.24, 2.45) is 5.92 Å². The number of ketones is 1. The largest absolute Gasteiger partial charge is 0.299 e. The first kappa shape index (κ1) is 11.0. The number of hydrogen-bond acceptors (Lipinski definition) is 1. The van der Waals surface area contributed by atoms with Gasteiger partial charge in [-0.25, -0.2) is 0 Å². The number of aryl methyl sites for hydroxylation is 1. The van der Waals surface area contributed by atoms with Gasteiger partial charge in [-0.15, -0.1) is 0 Å². The van der Waals surface area contributed by atoms with Gasteiger partial charge in [0, 0.05) is 12.3 Å². The van der Waals surface area contributed by atoms with Gasteiger partial charge in [0.2, 0.25) is 0 Å². The molecule has 0 heterocycles. The standard InChI is InChI=1S/C16H20O/c17-16(14-8-9-14)11-10-13-6-3-5-12-4-1-2-7-15(12)13/h1-2,4,7,13-14H,3,5-6,8-11H2. The summed E-state index contributed by atoms with van der Waals surface area (Å²) in [6, 6.07) is 8.79. The predicted molar refractivity (Wildman–Crippen MR) is 69.1 cm³/mol. The number of carbonyl (C=O) groups excluding carboxylic acids is 1. The minimum Gasteiger partial charge on any atom is -0.299 e. The number of hydrogen-bond donors (Lipinski definition) is 0. The molecule has 0 aromatic heterocycles. The maximum Gasteiger partial charge on any atom is 0.135 e. The van der Waals surface area contributed by atoms with Crippen LogP contribution in [0.15, 0.2) is 24.3 Å². The third-order valence-corrected chi connectivity index (χ3v) is 4.27. The lowest BCUT2D eigenvalue weighted by Crippen LogP contribution is -2.11. The van der Waals surface area contributed by atoms with Crippen LogP contribution in [0.1, 0.15) is 55.6 Å². The minimum absolute atomic E-state index is 0.439. The van der Waals surface area contributed by atoms with Gasteiger partial charge in [-0.2, -0.15) is 0 Å². The van der Waals surface area contributed by atoms with E-state index in [4.69, 9.17) is 0 Å². The summed E-state index contributed by atoms with van der Waals surface area (Å²) in [6.07, 6.45) is 7.98. The van der Waals surface area contributed by atoms with E-state index in [0.717, 1.165) is 25.7 Å². The minimum atomic E-state index is 0.439. The van der Waals surface area contributed by atoms with Crippen LogP contribution in [0.3, 0.4) is 0 Å². The Morgan fingerprint density at radius 3 is 2.82 bits per heavy atom. The maximum absolute atomic E-state index is 11.8. The lowest BCUT2D eigenvalue weighted by molar-refractivity contribution is -0.120. The Labute approximate surface area is 103 Å². The molecule has 3 rings (SSSR count). The number of fused-ring (bicyclic) bond motifs is 1. The fourth-order valence-corrected chi connectivity index (χ4v) is 3.08. The molecule has 1 heteroatoms. The Morgan fingerprint density at radius 1 is 1.18 bits per heavy atom. The summed E-state index contributed by atoms with van der Waals surface area (Å²) in [5, 5.41) is 0. The molecule has 0 N–H and O–H groups in total. The van der Waals surface area contributed by atoms with Crippen LogP contribution >= 0.6 is 0 Å². The lowest BCUT2D eigenvalue weighted by Gasteiger charge is -2.25. The SMILES string of the molecule is O=C(CCC1CCCc2ccccc21)C1CC1. The molecule has 0 aliphatic heterocycles. The van der Waals surface area contributed by atoms with Gasteiger partial charge >= 0.3 is 0 Å². The quantitative estimate of drug-likeness (QED) is 0.764. The van der Waals surface area contributed by atoms with Crippen molar-refractivity contribution in [3.05, 3.63) is 35.4 Å². The van der Waals surface area contributed by atoms with Crippen molar-refractivity contribution < 1.29 is 4.79 Å². The highest BCUT2D eigenvalue weighted by Gasteiger charge is 2.30. The van der Waals surface area contributed by atoms with Crippen molar-refractivity contribution in [1.82, 2.24) is 0 Å². The molecule has 2 aliphatic carbocycles. The van der Waals surface area contributed by atoms with E-state index in [1.54, 1.807) is 0 Å². The average molecular weight is 228 g/mol. The van der Waals surface area contributed by atoms with E-state index in [9.17, 15) is 4.79 Å². The Balaban J connectivity index is 1.65. The molecule has 0 bridgehead atoms. The van der Waals surface area contributed by atoms with E-state index in [1.165, 1.54) is 30.4 Å². The highest BCUT2D eigenvalue weighted by molar-refractivity contribution is 5.83. The molecule has 2 aliphatic rings. The smallest absolute Gasteiger partial charge is 0.135 e. The van der Waals surface area contributed by atoms with Crippen LogP contribution in [0.4, 0.5) is 0 Å². The summed E-state index contributed by atoms with van der Waals surface area (Å²) in [5.41, 5.74) is 3.03. The van der Waals surface area contributed by atoms with Crippen LogP contribution < -0.4 is 0 Å². The lowest BCUT2D eigenvalue weighted by atomic mass is 9.80. The normalized spacial score (nSPS) is 23.2. The van der Waals surface area contributed by atoms with Crippen LogP contribution in [0.2, 0.25) is 0 Å². The first-order chi connectivity index (χ1) is 8.34. The summed E-state index contributed by atoms with van der Waals surface area (Å²) < 4.78 is 0. The first-order valence-electron chi connectivity index (χ1n) is 6.95. The monoisotopic (exact) mass is 228 g/mol. The number of rotatable bonds is 4. The second kappa shape index (κ2) is 4.64. The van der Waals surface area contributed by atoms with Gasteiger partial charge in [0.05, 0.1) is 0 Å². The highest BCUT2D eigenvalue weighted by atomic mass is 16.1. The van der Waals surface area contributed by atoms with Crippen LogP contribution in [0.25, 0.3) is 0 Å².